The second-order valence-electron chi connectivity index (χ2n) is 5.36. The van der Waals surface area contributed by atoms with Gasteiger partial charge in [0, 0.05) is 26.1 Å². The van der Waals surface area contributed by atoms with E-state index in [9.17, 15) is 22.8 Å². The van der Waals surface area contributed by atoms with Crippen LogP contribution >= 0.6 is 0 Å². The number of nitrogens with zero attached hydrogens (tertiary/aromatic N) is 1. The zero-order valence-corrected chi connectivity index (χ0v) is 11.9. The van der Waals surface area contributed by atoms with Crippen LogP contribution < -0.4 is 5.32 Å². The Morgan fingerprint density at radius 2 is 1.90 bits per heavy atom. The van der Waals surface area contributed by atoms with E-state index in [0.717, 1.165) is 0 Å². The zero-order chi connectivity index (χ0) is 16.0. The molecule has 0 aromatic heterocycles. The van der Waals surface area contributed by atoms with Gasteiger partial charge in [-0.15, -0.1) is 0 Å². The molecule has 1 atom stereocenters. The summed E-state index contributed by atoms with van der Waals surface area (Å²) in [6, 6.07) is -0.417. The van der Waals surface area contributed by atoms with Crippen LogP contribution in [-0.4, -0.2) is 47.8 Å². The van der Waals surface area contributed by atoms with Crippen LogP contribution in [0.4, 0.5) is 18.0 Å². The highest BCUT2D eigenvalue weighted by atomic mass is 19.4. The van der Waals surface area contributed by atoms with Crippen molar-refractivity contribution in [3.8, 4) is 0 Å². The second kappa shape index (κ2) is 7.51. The average Bonchev–Trinajstić information content (AvgIpc) is 2.41. The Labute approximate surface area is 121 Å². The Morgan fingerprint density at radius 3 is 2.33 bits per heavy atom. The van der Waals surface area contributed by atoms with Gasteiger partial charge in [-0.1, -0.05) is 13.3 Å². The van der Waals surface area contributed by atoms with Gasteiger partial charge in [-0.25, -0.2) is 4.79 Å². The van der Waals surface area contributed by atoms with Gasteiger partial charge in [0.25, 0.3) is 0 Å². The van der Waals surface area contributed by atoms with Crippen LogP contribution in [0.1, 0.15) is 32.6 Å². The molecule has 0 radical (unpaired) electrons. The fraction of sp³-hybridized carbons (Fsp3) is 0.846. The van der Waals surface area contributed by atoms with Crippen molar-refractivity contribution in [3.05, 3.63) is 0 Å². The number of aliphatic carboxylic acids is 1. The molecule has 2 N–H and O–H groups in total. The summed E-state index contributed by atoms with van der Waals surface area (Å²) in [6.07, 6.45) is -3.78. The highest BCUT2D eigenvalue weighted by Gasteiger charge is 2.41. The Balaban J connectivity index is 2.35. The molecular weight excluding hydrogens is 289 g/mol. The molecule has 0 aliphatic carbocycles. The fourth-order valence-corrected chi connectivity index (χ4v) is 2.36. The lowest BCUT2D eigenvalue weighted by Gasteiger charge is -2.33. The molecule has 0 aromatic rings. The lowest BCUT2D eigenvalue weighted by molar-refractivity contribution is -0.183. The van der Waals surface area contributed by atoms with Crippen LogP contribution in [0.5, 0.6) is 0 Å². The molecule has 1 fully saturated rings. The van der Waals surface area contributed by atoms with E-state index in [2.05, 4.69) is 5.32 Å². The van der Waals surface area contributed by atoms with Gasteiger partial charge in [0.1, 0.15) is 0 Å². The van der Waals surface area contributed by atoms with Crippen molar-refractivity contribution in [2.75, 3.05) is 19.6 Å². The molecule has 0 saturated carbocycles. The molecule has 0 spiro atoms. The molecule has 8 heteroatoms. The van der Waals surface area contributed by atoms with E-state index in [0.29, 0.717) is 6.42 Å². The lowest BCUT2D eigenvalue weighted by Crippen LogP contribution is -2.47. The van der Waals surface area contributed by atoms with Gasteiger partial charge >= 0.3 is 18.2 Å². The van der Waals surface area contributed by atoms with Crippen LogP contribution in [0.3, 0.4) is 0 Å². The number of nitrogens with one attached hydrogen (secondary N) is 1. The summed E-state index contributed by atoms with van der Waals surface area (Å²) < 4.78 is 37.5. The average molecular weight is 310 g/mol. The number of carboxylic acid groups (broad SMARTS) is 1. The Hall–Kier alpha value is -1.47. The van der Waals surface area contributed by atoms with Gasteiger partial charge in [0.2, 0.25) is 0 Å². The normalized spacial score (nSPS) is 18.4. The number of carboxylic acids is 1. The largest absolute Gasteiger partial charge is 0.481 e. The molecule has 1 rings (SSSR count). The van der Waals surface area contributed by atoms with Crippen molar-refractivity contribution in [1.29, 1.82) is 0 Å². The van der Waals surface area contributed by atoms with E-state index < -0.39 is 24.1 Å². The number of rotatable bonds is 5. The van der Waals surface area contributed by atoms with E-state index in [4.69, 9.17) is 5.11 Å². The molecule has 0 aromatic carbocycles. The second-order valence-corrected chi connectivity index (χ2v) is 5.36. The predicted octanol–water partition coefficient (Wildman–Crippen LogP) is 2.47. The number of hydrogen-bond donors (Lipinski definition) is 2. The molecular formula is C13H21F3N2O3. The van der Waals surface area contributed by atoms with Crippen LogP contribution in [0.25, 0.3) is 0 Å². The minimum atomic E-state index is -4.20. The van der Waals surface area contributed by atoms with E-state index in [1.165, 1.54) is 4.90 Å². The smallest absolute Gasteiger partial charge is 0.391 e. The van der Waals surface area contributed by atoms with Crippen molar-refractivity contribution >= 4 is 12.0 Å². The molecule has 1 saturated heterocycles. The predicted molar refractivity (Wildman–Crippen MR) is 69.8 cm³/mol. The molecule has 21 heavy (non-hydrogen) atoms. The number of carbonyl (C=O) groups excluding carboxylic acids is 1. The first-order valence-electron chi connectivity index (χ1n) is 7.05. The van der Waals surface area contributed by atoms with Gasteiger partial charge < -0.3 is 15.3 Å². The summed E-state index contributed by atoms with van der Waals surface area (Å²) in [7, 11) is 0. The maximum absolute atomic E-state index is 12.5. The Kier molecular flexibility index (Phi) is 6.29. The summed E-state index contributed by atoms with van der Waals surface area (Å²) in [6.45, 7) is 2.20. The first-order chi connectivity index (χ1) is 9.74. The van der Waals surface area contributed by atoms with E-state index in [1.807, 2.05) is 6.92 Å². The number of alkyl halides is 3. The fourth-order valence-electron chi connectivity index (χ4n) is 2.36. The first kappa shape index (κ1) is 17.6. The highest BCUT2D eigenvalue weighted by molar-refractivity contribution is 5.74. The quantitative estimate of drug-likeness (QED) is 0.819. The summed E-state index contributed by atoms with van der Waals surface area (Å²) >= 11 is 0. The van der Waals surface area contributed by atoms with Gasteiger partial charge in [0.15, 0.2) is 0 Å². The van der Waals surface area contributed by atoms with Crippen molar-refractivity contribution in [2.45, 2.75) is 38.8 Å². The maximum atomic E-state index is 12.5. The Bertz CT molecular complexity index is 366. The van der Waals surface area contributed by atoms with Crippen LogP contribution in [0, 0.1) is 11.8 Å². The number of urea groups is 1. The molecule has 5 nitrogen and oxygen atoms in total. The maximum Gasteiger partial charge on any atom is 0.391 e. The van der Waals surface area contributed by atoms with E-state index in [1.54, 1.807) is 0 Å². The number of halogens is 3. The number of hydrogen-bond acceptors (Lipinski definition) is 2. The van der Waals surface area contributed by atoms with Gasteiger partial charge in [-0.2, -0.15) is 13.2 Å². The van der Waals surface area contributed by atoms with Crippen LogP contribution in [0.2, 0.25) is 0 Å². The number of piperidine rings is 1. The third kappa shape index (κ3) is 5.81. The summed E-state index contributed by atoms with van der Waals surface area (Å²) in [5, 5.41) is 11.3. The molecule has 1 aliphatic rings. The van der Waals surface area contributed by atoms with Crippen LogP contribution in [-0.2, 0) is 4.79 Å². The van der Waals surface area contributed by atoms with Crippen molar-refractivity contribution in [1.82, 2.24) is 10.2 Å². The lowest BCUT2D eigenvalue weighted by atomic mass is 9.96. The summed E-state index contributed by atoms with van der Waals surface area (Å²) in [5.74, 6) is -2.43. The number of carbonyl (C=O) groups is 2. The third-order valence-electron chi connectivity index (χ3n) is 3.83. The third-order valence-corrected chi connectivity index (χ3v) is 3.83. The molecule has 1 heterocycles. The van der Waals surface area contributed by atoms with E-state index >= 15 is 0 Å². The van der Waals surface area contributed by atoms with Gasteiger partial charge in [0.05, 0.1) is 5.92 Å². The number of likely N-dealkylation sites (tertiary alicyclic amines) is 1. The SMILES string of the molecule is CCC(CNC(=O)N1CCC(C(F)(F)F)CC1)CC(=O)O. The van der Waals surface area contributed by atoms with E-state index in [-0.39, 0.29) is 44.8 Å². The van der Waals surface area contributed by atoms with Crippen molar-refractivity contribution in [2.24, 2.45) is 11.8 Å². The van der Waals surface area contributed by atoms with Crippen molar-refractivity contribution < 1.29 is 27.9 Å². The highest BCUT2D eigenvalue weighted by Crippen LogP contribution is 2.34. The van der Waals surface area contributed by atoms with Crippen LogP contribution in [0.15, 0.2) is 0 Å². The zero-order valence-electron chi connectivity index (χ0n) is 11.9. The topological polar surface area (TPSA) is 69.6 Å². The summed E-state index contributed by atoms with van der Waals surface area (Å²) in [4.78, 5) is 23.8. The molecule has 2 amide bonds. The monoisotopic (exact) mass is 310 g/mol. The Morgan fingerprint density at radius 1 is 1.33 bits per heavy atom. The van der Waals surface area contributed by atoms with Gasteiger partial charge in [-0.05, 0) is 18.8 Å². The molecule has 1 aliphatic heterocycles. The van der Waals surface area contributed by atoms with Crippen molar-refractivity contribution in [3.63, 3.8) is 0 Å². The summed E-state index contributed by atoms with van der Waals surface area (Å²) in [5.41, 5.74) is 0. The standard InChI is InChI=1S/C13H21F3N2O3/c1-2-9(7-11(19)20)8-17-12(21)18-5-3-10(4-6-18)13(14,15)16/h9-10H,2-8H2,1H3,(H,17,21)(H,19,20). The molecule has 122 valence electrons. The number of amides is 2. The minimum absolute atomic E-state index is 0.0348. The minimum Gasteiger partial charge on any atom is -0.481 e. The first-order valence-corrected chi connectivity index (χ1v) is 7.05. The van der Waals surface area contributed by atoms with Gasteiger partial charge in [-0.3, -0.25) is 4.79 Å². The molecule has 1 unspecified atom stereocenters. The molecule has 0 bridgehead atoms.